The fourth-order valence-corrected chi connectivity index (χ4v) is 2.94. The maximum absolute atomic E-state index is 10.9. The maximum atomic E-state index is 10.9. The number of hydrogen-bond acceptors (Lipinski definition) is 2. The van der Waals surface area contributed by atoms with Gasteiger partial charge in [-0.3, -0.25) is 4.79 Å². The molecule has 3 heteroatoms. The van der Waals surface area contributed by atoms with E-state index in [1.165, 1.54) is 5.56 Å². The molecule has 0 N–H and O–H groups in total. The minimum absolute atomic E-state index is 0.241. The van der Waals surface area contributed by atoms with Crippen LogP contribution in [0.3, 0.4) is 0 Å². The van der Waals surface area contributed by atoms with E-state index in [4.69, 9.17) is 4.74 Å². The molecule has 1 aliphatic rings. The van der Waals surface area contributed by atoms with Crippen LogP contribution >= 0.6 is 0 Å². The van der Waals surface area contributed by atoms with Crippen molar-refractivity contribution in [3.63, 3.8) is 0 Å². The van der Waals surface area contributed by atoms with Gasteiger partial charge in [-0.1, -0.05) is 30.3 Å². The van der Waals surface area contributed by atoms with Crippen LogP contribution in [0.4, 0.5) is 0 Å². The number of likely N-dealkylation sites (tertiary alicyclic amines) is 1. The van der Waals surface area contributed by atoms with Gasteiger partial charge in [0.1, 0.15) is 0 Å². The van der Waals surface area contributed by atoms with Crippen molar-refractivity contribution in [2.24, 2.45) is 5.41 Å². The Morgan fingerprint density at radius 2 is 1.95 bits per heavy atom. The van der Waals surface area contributed by atoms with E-state index in [1.54, 1.807) is 0 Å². The number of ether oxygens (including phenoxy) is 1. The van der Waals surface area contributed by atoms with Crippen LogP contribution in [0.15, 0.2) is 30.3 Å². The number of amides is 1. The van der Waals surface area contributed by atoms with Gasteiger partial charge < -0.3 is 9.64 Å². The van der Waals surface area contributed by atoms with Gasteiger partial charge in [-0.25, -0.2) is 0 Å². The second-order valence-electron chi connectivity index (χ2n) is 5.76. The Morgan fingerprint density at radius 1 is 1.25 bits per heavy atom. The second kappa shape index (κ2) is 7.44. The van der Waals surface area contributed by atoms with Crippen LogP contribution < -0.4 is 0 Å². The third-order valence-electron chi connectivity index (χ3n) is 4.41. The van der Waals surface area contributed by atoms with Gasteiger partial charge in [0.2, 0.25) is 6.41 Å². The lowest BCUT2D eigenvalue weighted by atomic mass is 9.75. The molecule has 110 valence electrons. The van der Waals surface area contributed by atoms with Crippen LogP contribution in [-0.2, 0) is 16.0 Å². The lowest BCUT2D eigenvalue weighted by molar-refractivity contribution is -0.121. The van der Waals surface area contributed by atoms with E-state index in [1.807, 2.05) is 11.8 Å². The lowest BCUT2D eigenvalue weighted by Crippen LogP contribution is -2.42. The number of rotatable bonds is 7. The Morgan fingerprint density at radius 3 is 2.55 bits per heavy atom. The summed E-state index contributed by atoms with van der Waals surface area (Å²) in [7, 11) is 0. The molecule has 1 aliphatic heterocycles. The summed E-state index contributed by atoms with van der Waals surface area (Å²) in [6.45, 7) is 5.37. The number of aryl methyl sites for hydroxylation is 1. The smallest absolute Gasteiger partial charge is 0.209 e. The standard InChI is InChI=1S/C17H25NO2/c1-2-20-14-17(10-12-18(15-19)13-11-17)9-8-16-6-4-3-5-7-16/h3-7,15H,2,8-14H2,1H3. The van der Waals surface area contributed by atoms with Gasteiger partial charge in [0.15, 0.2) is 0 Å². The lowest BCUT2D eigenvalue weighted by Gasteiger charge is -2.40. The molecule has 0 spiro atoms. The summed E-state index contributed by atoms with van der Waals surface area (Å²) in [5.41, 5.74) is 1.63. The SMILES string of the molecule is CCOCC1(CCc2ccccc2)CCN(C=O)CC1. The first-order valence-corrected chi connectivity index (χ1v) is 7.59. The van der Waals surface area contributed by atoms with Crippen molar-refractivity contribution >= 4 is 6.41 Å². The van der Waals surface area contributed by atoms with Gasteiger partial charge in [-0.15, -0.1) is 0 Å². The number of carbonyl (C=O) groups is 1. The summed E-state index contributed by atoms with van der Waals surface area (Å²) in [4.78, 5) is 12.7. The fourth-order valence-electron chi connectivity index (χ4n) is 2.94. The summed E-state index contributed by atoms with van der Waals surface area (Å²) < 4.78 is 5.73. The Kier molecular flexibility index (Phi) is 5.60. The molecule has 1 saturated heterocycles. The highest BCUT2D eigenvalue weighted by Gasteiger charge is 2.34. The van der Waals surface area contributed by atoms with Crippen LogP contribution in [0.25, 0.3) is 0 Å². The van der Waals surface area contributed by atoms with E-state index in [-0.39, 0.29) is 5.41 Å². The van der Waals surface area contributed by atoms with Gasteiger partial charge in [-0.05, 0) is 43.6 Å². The Hall–Kier alpha value is -1.35. The van der Waals surface area contributed by atoms with Gasteiger partial charge in [-0.2, -0.15) is 0 Å². The zero-order chi connectivity index (χ0) is 14.3. The van der Waals surface area contributed by atoms with Crippen LogP contribution in [0.1, 0.15) is 31.7 Å². The first-order chi connectivity index (χ1) is 9.78. The van der Waals surface area contributed by atoms with Crippen molar-refractivity contribution in [3.8, 4) is 0 Å². The van der Waals surface area contributed by atoms with Crippen molar-refractivity contribution in [2.45, 2.75) is 32.6 Å². The van der Waals surface area contributed by atoms with Crippen LogP contribution in [-0.4, -0.2) is 37.6 Å². The third kappa shape index (κ3) is 4.07. The van der Waals surface area contributed by atoms with E-state index in [0.29, 0.717) is 0 Å². The Balaban J connectivity index is 1.95. The fraction of sp³-hybridized carbons (Fsp3) is 0.588. The summed E-state index contributed by atoms with van der Waals surface area (Å²) in [5, 5.41) is 0. The van der Waals surface area contributed by atoms with Gasteiger partial charge >= 0.3 is 0 Å². The average molecular weight is 275 g/mol. The largest absolute Gasteiger partial charge is 0.381 e. The molecule has 0 aliphatic carbocycles. The summed E-state index contributed by atoms with van der Waals surface area (Å²) >= 11 is 0. The molecule has 0 saturated carbocycles. The molecular weight excluding hydrogens is 250 g/mol. The topological polar surface area (TPSA) is 29.5 Å². The van der Waals surface area contributed by atoms with E-state index in [2.05, 4.69) is 30.3 Å². The molecule has 0 aromatic heterocycles. The molecule has 1 heterocycles. The van der Waals surface area contributed by atoms with Crippen molar-refractivity contribution < 1.29 is 9.53 Å². The quantitative estimate of drug-likeness (QED) is 0.716. The second-order valence-corrected chi connectivity index (χ2v) is 5.76. The Bertz CT molecular complexity index is 397. The number of hydrogen-bond donors (Lipinski definition) is 0. The first kappa shape index (κ1) is 15.0. The number of carbonyl (C=O) groups excluding carboxylic acids is 1. The van der Waals surface area contributed by atoms with Crippen LogP contribution in [0, 0.1) is 5.41 Å². The van der Waals surface area contributed by atoms with Crippen molar-refractivity contribution in [1.82, 2.24) is 4.90 Å². The molecule has 0 atom stereocenters. The minimum atomic E-state index is 0.241. The molecule has 3 nitrogen and oxygen atoms in total. The molecule has 0 radical (unpaired) electrons. The minimum Gasteiger partial charge on any atom is -0.381 e. The highest BCUT2D eigenvalue weighted by molar-refractivity contribution is 5.47. The molecule has 1 fully saturated rings. The molecule has 2 rings (SSSR count). The normalized spacial score (nSPS) is 17.9. The predicted octanol–water partition coefficient (Wildman–Crippen LogP) is 2.89. The molecular formula is C17H25NO2. The van der Waals surface area contributed by atoms with Gasteiger partial charge in [0, 0.05) is 19.7 Å². The first-order valence-electron chi connectivity index (χ1n) is 7.59. The zero-order valence-corrected chi connectivity index (χ0v) is 12.4. The molecule has 1 aromatic rings. The maximum Gasteiger partial charge on any atom is 0.209 e. The number of benzene rings is 1. The summed E-state index contributed by atoms with van der Waals surface area (Å²) in [5.74, 6) is 0. The Labute approximate surface area is 121 Å². The molecule has 0 unspecified atom stereocenters. The number of nitrogens with zero attached hydrogens (tertiary/aromatic N) is 1. The molecule has 0 bridgehead atoms. The summed E-state index contributed by atoms with van der Waals surface area (Å²) in [6.07, 6.45) is 5.32. The third-order valence-corrected chi connectivity index (χ3v) is 4.41. The highest BCUT2D eigenvalue weighted by Crippen LogP contribution is 2.36. The molecule has 1 aromatic carbocycles. The predicted molar refractivity (Wildman–Crippen MR) is 80.6 cm³/mol. The van der Waals surface area contributed by atoms with Crippen molar-refractivity contribution in [1.29, 1.82) is 0 Å². The molecule has 1 amide bonds. The van der Waals surface area contributed by atoms with Crippen molar-refractivity contribution in [3.05, 3.63) is 35.9 Å². The summed E-state index contributed by atoms with van der Waals surface area (Å²) in [6, 6.07) is 10.6. The van der Waals surface area contributed by atoms with Crippen LogP contribution in [0.2, 0.25) is 0 Å². The van der Waals surface area contributed by atoms with E-state index in [9.17, 15) is 4.79 Å². The average Bonchev–Trinajstić information content (AvgIpc) is 2.53. The molecule has 20 heavy (non-hydrogen) atoms. The van der Waals surface area contributed by atoms with Gasteiger partial charge in [0.25, 0.3) is 0 Å². The zero-order valence-electron chi connectivity index (χ0n) is 12.4. The van der Waals surface area contributed by atoms with Crippen LogP contribution in [0.5, 0.6) is 0 Å². The monoisotopic (exact) mass is 275 g/mol. The van der Waals surface area contributed by atoms with E-state index >= 15 is 0 Å². The van der Waals surface area contributed by atoms with Gasteiger partial charge in [0.05, 0.1) is 6.61 Å². The highest BCUT2D eigenvalue weighted by atomic mass is 16.5. The number of piperidine rings is 1. The van der Waals surface area contributed by atoms with E-state index < -0.39 is 0 Å². The van der Waals surface area contributed by atoms with E-state index in [0.717, 1.165) is 58.4 Å². The van der Waals surface area contributed by atoms with Crippen molar-refractivity contribution in [2.75, 3.05) is 26.3 Å².